The lowest BCUT2D eigenvalue weighted by atomic mass is 10.3. The zero-order valence-corrected chi connectivity index (χ0v) is 14.4. The molecule has 0 saturated carbocycles. The summed E-state index contributed by atoms with van der Waals surface area (Å²) in [6, 6.07) is 12.5. The van der Waals surface area contributed by atoms with E-state index in [0.717, 1.165) is 0 Å². The summed E-state index contributed by atoms with van der Waals surface area (Å²) in [7, 11) is 1.57. The minimum atomic E-state index is -0.453. The van der Waals surface area contributed by atoms with Crippen LogP contribution in [0.1, 0.15) is 10.4 Å². The van der Waals surface area contributed by atoms with Crippen LogP contribution in [0, 0.1) is 0 Å². The Labute approximate surface area is 153 Å². The largest absolute Gasteiger partial charge is 0.494 e. The van der Waals surface area contributed by atoms with Crippen molar-refractivity contribution >= 4 is 17.2 Å². The molecular weight excluding hydrogens is 346 g/mol. The molecule has 27 heavy (non-hydrogen) atoms. The van der Waals surface area contributed by atoms with Crippen LogP contribution in [-0.4, -0.2) is 32.2 Å². The molecule has 0 bridgehead atoms. The zero-order chi connectivity index (χ0) is 18.8. The molecule has 0 unspecified atom stereocenters. The van der Waals surface area contributed by atoms with E-state index >= 15 is 0 Å². The fourth-order valence-electron chi connectivity index (χ4n) is 2.70. The van der Waals surface area contributed by atoms with Crippen LogP contribution in [0.25, 0.3) is 11.3 Å². The van der Waals surface area contributed by atoms with E-state index < -0.39 is 5.91 Å². The van der Waals surface area contributed by atoms with Gasteiger partial charge in [-0.3, -0.25) is 14.0 Å². The molecule has 8 nitrogen and oxygen atoms in total. The van der Waals surface area contributed by atoms with E-state index in [2.05, 4.69) is 15.4 Å². The van der Waals surface area contributed by atoms with Gasteiger partial charge in [-0.15, -0.1) is 0 Å². The van der Waals surface area contributed by atoms with Gasteiger partial charge in [0.15, 0.2) is 0 Å². The SMILES string of the molecule is COc1ccccc1-n1cc(C(=O)Nc2cnc3ccccn3c2=O)cn1. The van der Waals surface area contributed by atoms with E-state index in [1.165, 1.54) is 16.8 Å². The first kappa shape index (κ1) is 16.5. The lowest BCUT2D eigenvalue weighted by Crippen LogP contribution is -2.23. The predicted molar refractivity (Wildman–Crippen MR) is 99.5 cm³/mol. The Balaban J connectivity index is 1.62. The van der Waals surface area contributed by atoms with E-state index in [0.29, 0.717) is 22.6 Å². The van der Waals surface area contributed by atoms with Crippen molar-refractivity contribution in [2.45, 2.75) is 0 Å². The van der Waals surface area contributed by atoms with Gasteiger partial charge in [-0.2, -0.15) is 5.10 Å². The maximum absolute atomic E-state index is 12.5. The molecule has 0 aliphatic rings. The number of carbonyl (C=O) groups is 1. The first-order valence-corrected chi connectivity index (χ1v) is 8.13. The number of benzene rings is 1. The molecule has 1 amide bonds. The fraction of sp³-hybridized carbons (Fsp3) is 0.0526. The second-order valence-electron chi connectivity index (χ2n) is 5.71. The molecule has 4 aromatic rings. The highest BCUT2D eigenvalue weighted by atomic mass is 16.5. The van der Waals surface area contributed by atoms with E-state index in [9.17, 15) is 9.59 Å². The molecule has 0 saturated heterocycles. The van der Waals surface area contributed by atoms with E-state index in [1.54, 1.807) is 48.5 Å². The van der Waals surface area contributed by atoms with Crippen LogP contribution >= 0.6 is 0 Å². The minimum Gasteiger partial charge on any atom is -0.494 e. The number of aromatic nitrogens is 4. The monoisotopic (exact) mass is 361 g/mol. The molecule has 3 aromatic heterocycles. The standard InChI is InChI=1S/C19H15N5O3/c1-27-16-7-3-2-6-15(16)24-12-13(10-21-24)18(25)22-14-11-20-17-8-4-5-9-23(17)19(14)26/h2-12H,1H3,(H,22,25). The number of hydrogen-bond acceptors (Lipinski definition) is 5. The van der Waals surface area contributed by atoms with E-state index in [-0.39, 0.29) is 11.2 Å². The van der Waals surface area contributed by atoms with Gasteiger partial charge >= 0.3 is 0 Å². The van der Waals surface area contributed by atoms with Gasteiger partial charge in [0, 0.05) is 12.4 Å². The first-order chi connectivity index (χ1) is 13.2. The number of nitrogens with zero attached hydrogens (tertiary/aromatic N) is 4. The number of ether oxygens (including phenoxy) is 1. The molecule has 0 aliphatic carbocycles. The summed E-state index contributed by atoms with van der Waals surface area (Å²) < 4.78 is 8.22. The Morgan fingerprint density at radius 1 is 1.11 bits per heavy atom. The molecule has 8 heteroatoms. The van der Waals surface area contributed by atoms with Crippen LogP contribution in [0.3, 0.4) is 0 Å². The smallest absolute Gasteiger partial charge is 0.281 e. The van der Waals surface area contributed by atoms with Gasteiger partial charge in [0.05, 0.1) is 25.1 Å². The van der Waals surface area contributed by atoms with E-state index in [1.807, 2.05) is 18.2 Å². The highest BCUT2D eigenvalue weighted by Gasteiger charge is 2.14. The van der Waals surface area contributed by atoms with Gasteiger partial charge in [0.25, 0.3) is 11.5 Å². The Morgan fingerprint density at radius 3 is 2.78 bits per heavy atom. The molecule has 3 heterocycles. The number of methoxy groups -OCH3 is 1. The molecule has 1 N–H and O–H groups in total. The summed E-state index contributed by atoms with van der Waals surface area (Å²) in [6.07, 6.45) is 5.94. The lowest BCUT2D eigenvalue weighted by Gasteiger charge is -2.07. The van der Waals surface area contributed by atoms with Crippen molar-refractivity contribution in [2.75, 3.05) is 12.4 Å². The Morgan fingerprint density at radius 2 is 1.93 bits per heavy atom. The van der Waals surface area contributed by atoms with Crippen LogP contribution in [0.15, 0.2) is 72.0 Å². The second kappa shape index (κ2) is 6.75. The van der Waals surface area contributed by atoms with Crippen molar-refractivity contribution < 1.29 is 9.53 Å². The number of nitrogens with one attached hydrogen (secondary N) is 1. The summed E-state index contributed by atoms with van der Waals surface area (Å²) in [5, 5.41) is 6.80. The molecule has 1 aromatic carbocycles. The Bertz CT molecular complexity index is 1200. The third kappa shape index (κ3) is 3.04. The summed E-state index contributed by atoms with van der Waals surface area (Å²) in [4.78, 5) is 29.2. The number of fused-ring (bicyclic) bond motifs is 1. The number of rotatable bonds is 4. The highest BCUT2D eigenvalue weighted by Crippen LogP contribution is 2.21. The van der Waals surface area contributed by atoms with Gasteiger partial charge in [0.2, 0.25) is 0 Å². The van der Waals surface area contributed by atoms with Crippen molar-refractivity contribution in [3.05, 3.63) is 83.2 Å². The van der Waals surface area contributed by atoms with Crippen LogP contribution in [0.2, 0.25) is 0 Å². The van der Waals surface area contributed by atoms with Crippen LogP contribution in [0.4, 0.5) is 5.69 Å². The number of hydrogen-bond donors (Lipinski definition) is 1. The van der Waals surface area contributed by atoms with Gasteiger partial charge in [-0.05, 0) is 24.3 Å². The van der Waals surface area contributed by atoms with Crippen molar-refractivity contribution in [3.8, 4) is 11.4 Å². The van der Waals surface area contributed by atoms with Crippen molar-refractivity contribution in [2.24, 2.45) is 0 Å². The number of pyridine rings is 1. The van der Waals surface area contributed by atoms with Crippen molar-refractivity contribution in [1.29, 1.82) is 0 Å². The summed E-state index contributed by atoms with van der Waals surface area (Å²) >= 11 is 0. The molecule has 0 fully saturated rings. The number of para-hydroxylation sites is 2. The van der Waals surface area contributed by atoms with Crippen molar-refractivity contribution in [1.82, 2.24) is 19.2 Å². The zero-order valence-electron chi connectivity index (χ0n) is 14.4. The summed E-state index contributed by atoms with van der Waals surface area (Å²) in [5.41, 5.74) is 1.24. The van der Waals surface area contributed by atoms with Crippen LogP contribution in [-0.2, 0) is 0 Å². The molecule has 0 spiro atoms. The Hall–Kier alpha value is -3.94. The average Bonchev–Trinajstić information content (AvgIpc) is 3.20. The number of anilines is 1. The second-order valence-corrected chi connectivity index (χ2v) is 5.71. The van der Waals surface area contributed by atoms with Crippen molar-refractivity contribution in [3.63, 3.8) is 0 Å². The third-order valence-corrected chi connectivity index (χ3v) is 4.04. The van der Waals surface area contributed by atoms with Gasteiger partial charge in [-0.25, -0.2) is 9.67 Å². The lowest BCUT2D eigenvalue weighted by molar-refractivity contribution is 0.102. The number of amides is 1. The normalized spacial score (nSPS) is 10.7. The van der Waals surface area contributed by atoms with Gasteiger partial charge in [-0.1, -0.05) is 18.2 Å². The van der Waals surface area contributed by atoms with Crippen LogP contribution in [0.5, 0.6) is 5.75 Å². The van der Waals surface area contributed by atoms with Gasteiger partial charge < -0.3 is 10.1 Å². The molecule has 4 rings (SSSR count). The molecule has 134 valence electrons. The third-order valence-electron chi connectivity index (χ3n) is 4.04. The quantitative estimate of drug-likeness (QED) is 0.601. The molecule has 0 atom stereocenters. The number of carbonyl (C=O) groups excluding carboxylic acids is 1. The van der Waals surface area contributed by atoms with E-state index in [4.69, 9.17) is 4.74 Å². The topological polar surface area (TPSA) is 90.5 Å². The highest BCUT2D eigenvalue weighted by molar-refractivity contribution is 6.03. The molecular formula is C19H15N5O3. The average molecular weight is 361 g/mol. The summed E-state index contributed by atoms with van der Waals surface area (Å²) in [5.74, 6) is 0.176. The Kier molecular flexibility index (Phi) is 4.13. The van der Waals surface area contributed by atoms with Gasteiger partial charge in [0.1, 0.15) is 22.8 Å². The summed E-state index contributed by atoms with van der Waals surface area (Å²) in [6.45, 7) is 0. The molecule has 0 aliphatic heterocycles. The minimum absolute atomic E-state index is 0.0914. The molecule has 0 radical (unpaired) electrons. The predicted octanol–water partition coefficient (Wildman–Crippen LogP) is 2.14. The maximum atomic E-state index is 12.5. The maximum Gasteiger partial charge on any atom is 0.281 e. The first-order valence-electron chi connectivity index (χ1n) is 8.13. The fourth-order valence-corrected chi connectivity index (χ4v) is 2.70. The van der Waals surface area contributed by atoms with Crippen LogP contribution < -0.4 is 15.6 Å².